The van der Waals surface area contributed by atoms with Crippen molar-refractivity contribution in [2.75, 3.05) is 13.7 Å². The van der Waals surface area contributed by atoms with Crippen molar-refractivity contribution in [3.63, 3.8) is 0 Å². The van der Waals surface area contributed by atoms with Crippen molar-refractivity contribution < 1.29 is 14.3 Å². The number of thioether (sulfide) groups is 1. The van der Waals surface area contributed by atoms with E-state index >= 15 is 0 Å². The SMILES string of the molecule is C#CCOc1c(/C=C2\SC(=Nc3cccc4ccccc34)NC2=O)cc(Br)cc1OC. The van der Waals surface area contributed by atoms with E-state index in [0.29, 0.717) is 27.1 Å². The van der Waals surface area contributed by atoms with Crippen LogP contribution in [0.3, 0.4) is 0 Å². The van der Waals surface area contributed by atoms with Gasteiger partial charge in [-0.25, -0.2) is 4.99 Å². The first-order chi connectivity index (χ1) is 15.1. The van der Waals surface area contributed by atoms with Gasteiger partial charge < -0.3 is 14.8 Å². The molecule has 1 N–H and O–H groups in total. The number of fused-ring (bicyclic) bond motifs is 1. The molecule has 0 unspecified atom stereocenters. The number of aliphatic imine (C=N–C) groups is 1. The molecule has 1 heterocycles. The van der Waals surface area contributed by atoms with E-state index in [1.807, 2.05) is 48.5 Å². The molecule has 0 radical (unpaired) electrons. The summed E-state index contributed by atoms with van der Waals surface area (Å²) in [7, 11) is 1.55. The van der Waals surface area contributed by atoms with E-state index in [4.69, 9.17) is 15.9 Å². The number of hydrogen-bond donors (Lipinski definition) is 1. The first-order valence-electron chi connectivity index (χ1n) is 9.30. The van der Waals surface area contributed by atoms with Gasteiger partial charge in [0, 0.05) is 15.4 Å². The lowest BCUT2D eigenvalue weighted by Crippen LogP contribution is -2.19. The summed E-state index contributed by atoms with van der Waals surface area (Å²) in [5.41, 5.74) is 1.47. The highest BCUT2D eigenvalue weighted by Gasteiger charge is 2.25. The van der Waals surface area contributed by atoms with Crippen LogP contribution in [-0.2, 0) is 4.79 Å². The van der Waals surface area contributed by atoms with Gasteiger partial charge in [0.25, 0.3) is 5.91 Å². The van der Waals surface area contributed by atoms with Crippen LogP contribution in [0.1, 0.15) is 5.56 Å². The molecule has 0 bridgehead atoms. The molecule has 1 aliphatic heterocycles. The highest BCUT2D eigenvalue weighted by Crippen LogP contribution is 2.38. The standard InChI is InChI=1S/C24H17BrN2O3S/c1-3-11-30-22-16(12-17(25)14-20(22)29-2)13-21-23(28)27-24(31-21)26-19-10-6-8-15-7-4-5-9-18(15)19/h1,4-10,12-14H,11H2,2H3,(H,26,27,28)/b21-13-. The van der Waals surface area contributed by atoms with Crippen LogP contribution in [0.5, 0.6) is 11.5 Å². The zero-order valence-electron chi connectivity index (χ0n) is 16.5. The third kappa shape index (κ3) is 4.61. The van der Waals surface area contributed by atoms with Gasteiger partial charge in [0.2, 0.25) is 0 Å². The Morgan fingerprint density at radius 3 is 2.84 bits per heavy atom. The topological polar surface area (TPSA) is 59.9 Å². The maximum Gasteiger partial charge on any atom is 0.264 e. The molecule has 31 heavy (non-hydrogen) atoms. The predicted octanol–water partition coefficient (Wildman–Crippen LogP) is 5.51. The molecule has 3 aromatic carbocycles. The molecule has 1 amide bonds. The number of carbonyl (C=O) groups excluding carboxylic acids is 1. The number of rotatable bonds is 5. The normalized spacial score (nSPS) is 15.8. The number of amidine groups is 1. The molecular weight excluding hydrogens is 476 g/mol. The third-order valence-electron chi connectivity index (χ3n) is 4.49. The van der Waals surface area contributed by atoms with Crippen molar-refractivity contribution in [2.24, 2.45) is 4.99 Å². The lowest BCUT2D eigenvalue weighted by atomic mass is 10.1. The van der Waals surface area contributed by atoms with Crippen LogP contribution in [0, 0.1) is 12.3 Å². The molecule has 1 aliphatic rings. The Hall–Kier alpha value is -3.21. The molecule has 0 saturated carbocycles. The summed E-state index contributed by atoms with van der Waals surface area (Å²) in [6, 6.07) is 17.5. The van der Waals surface area contributed by atoms with E-state index in [-0.39, 0.29) is 12.5 Å². The van der Waals surface area contributed by atoms with Gasteiger partial charge in [-0.2, -0.15) is 0 Å². The predicted molar refractivity (Wildman–Crippen MR) is 130 cm³/mol. The number of benzene rings is 3. The van der Waals surface area contributed by atoms with Gasteiger partial charge in [0.05, 0.1) is 17.7 Å². The smallest absolute Gasteiger partial charge is 0.264 e. The average Bonchev–Trinajstić information content (AvgIpc) is 3.11. The summed E-state index contributed by atoms with van der Waals surface area (Å²) in [5.74, 6) is 3.21. The summed E-state index contributed by atoms with van der Waals surface area (Å²) < 4.78 is 11.9. The summed E-state index contributed by atoms with van der Waals surface area (Å²) in [5, 5.41) is 5.46. The number of halogens is 1. The van der Waals surface area contributed by atoms with Crippen LogP contribution < -0.4 is 14.8 Å². The highest BCUT2D eigenvalue weighted by molar-refractivity contribution is 9.10. The number of ether oxygens (including phenoxy) is 2. The van der Waals surface area contributed by atoms with Crippen molar-refractivity contribution in [1.29, 1.82) is 0 Å². The number of amides is 1. The molecule has 0 atom stereocenters. The molecule has 4 rings (SSSR count). The maximum absolute atomic E-state index is 12.6. The summed E-state index contributed by atoms with van der Waals surface area (Å²) in [6.07, 6.45) is 7.08. The van der Waals surface area contributed by atoms with Gasteiger partial charge in [-0.15, -0.1) is 6.42 Å². The Bertz CT molecular complexity index is 1270. The minimum atomic E-state index is -0.231. The molecule has 1 saturated heterocycles. The first kappa shape index (κ1) is 21.0. The summed E-state index contributed by atoms with van der Waals surface area (Å²) >= 11 is 4.73. The maximum atomic E-state index is 12.6. The van der Waals surface area contributed by atoms with Gasteiger partial charge >= 0.3 is 0 Å². The number of methoxy groups -OCH3 is 1. The molecule has 0 aliphatic carbocycles. The molecule has 0 spiro atoms. The van der Waals surface area contributed by atoms with Crippen molar-refractivity contribution in [3.8, 4) is 23.8 Å². The Morgan fingerprint density at radius 1 is 1.23 bits per heavy atom. The first-order valence-corrected chi connectivity index (χ1v) is 10.9. The van der Waals surface area contributed by atoms with Crippen LogP contribution in [0.4, 0.5) is 5.69 Å². The Labute approximate surface area is 192 Å². The number of hydrogen-bond acceptors (Lipinski definition) is 5. The molecule has 0 aromatic heterocycles. The van der Waals surface area contributed by atoms with Gasteiger partial charge in [0.15, 0.2) is 16.7 Å². The van der Waals surface area contributed by atoms with Crippen molar-refractivity contribution in [2.45, 2.75) is 0 Å². The molecule has 3 aromatic rings. The molecular formula is C24H17BrN2O3S. The van der Waals surface area contributed by atoms with Gasteiger partial charge in [0.1, 0.15) is 6.61 Å². The van der Waals surface area contributed by atoms with E-state index in [1.54, 1.807) is 19.3 Å². The Kier molecular flexibility index (Phi) is 6.31. The monoisotopic (exact) mass is 492 g/mol. The average molecular weight is 493 g/mol. The van der Waals surface area contributed by atoms with E-state index in [2.05, 4.69) is 32.2 Å². The molecule has 1 fully saturated rings. The van der Waals surface area contributed by atoms with Crippen LogP contribution in [0.15, 0.2) is 69.0 Å². The fourth-order valence-electron chi connectivity index (χ4n) is 3.15. The lowest BCUT2D eigenvalue weighted by Gasteiger charge is -2.12. The van der Waals surface area contributed by atoms with E-state index in [1.165, 1.54) is 11.8 Å². The second kappa shape index (κ2) is 9.29. The Morgan fingerprint density at radius 2 is 2.03 bits per heavy atom. The summed E-state index contributed by atoms with van der Waals surface area (Å²) in [4.78, 5) is 17.8. The van der Waals surface area contributed by atoms with Crippen molar-refractivity contribution in [3.05, 3.63) is 69.5 Å². The minimum Gasteiger partial charge on any atom is -0.493 e. The summed E-state index contributed by atoms with van der Waals surface area (Å²) in [6.45, 7) is 0.0846. The number of nitrogens with zero attached hydrogens (tertiary/aromatic N) is 1. The molecule has 7 heteroatoms. The third-order valence-corrected chi connectivity index (χ3v) is 5.86. The van der Waals surface area contributed by atoms with E-state index in [9.17, 15) is 4.79 Å². The van der Waals surface area contributed by atoms with Crippen LogP contribution in [0.2, 0.25) is 0 Å². The Balaban J connectivity index is 1.69. The van der Waals surface area contributed by atoms with Crippen LogP contribution in [0.25, 0.3) is 16.8 Å². The molecule has 154 valence electrons. The number of nitrogens with one attached hydrogen (secondary N) is 1. The van der Waals surface area contributed by atoms with Gasteiger partial charge in [-0.1, -0.05) is 58.2 Å². The second-order valence-electron chi connectivity index (χ2n) is 6.50. The van der Waals surface area contributed by atoms with Gasteiger partial charge in [-0.05, 0) is 41.4 Å². The highest BCUT2D eigenvalue weighted by atomic mass is 79.9. The van der Waals surface area contributed by atoms with E-state index < -0.39 is 0 Å². The fourth-order valence-corrected chi connectivity index (χ4v) is 4.43. The zero-order valence-corrected chi connectivity index (χ0v) is 18.9. The second-order valence-corrected chi connectivity index (χ2v) is 8.45. The number of carbonyl (C=O) groups is 1. The van der Waals surface area contributed by atoms with E-state index in [0.717, 1.165) is 20.9 Å². The van der Waals surface area contributed by atoms with Crippen LogP contribution >= 0.6 is 27.7 Å². The number of terminal acetylenes is 1. The zero-order chi connectivity index (χ0) is 21.8. The fraction of sp³-hybridized carbons (Fsp3) is 0.0833. The van der Waals surface area contributed by atoms with Gasteiger partial charge in [-0.3, -0.25) is 4.79 Å². The minimum absolute atomic E-state index is 0.0846. The largest absolute Gasteiger partial charge is 0.493 e. The van der Waals surface area contributed by atoms with Crippen molar-refractivity contribution in [1.82, 2.24) is 5.32 Å². The quantitative estimate of drug-likeness (QED) is 0.376. The lowest BCUT2D eigenvalue weighted by molar-refractivity contribution is -0.115. The molecule has 5 nitrogen and oxygen atoms in total. The van der Waals surface area contributed by atoms with Crippen molar-refractivity contribution >= 4 is 61.3 Å². The van der Waals surface area contributed by atoms with Crippen LogP contribution in [-0.4, -0.2) is 24.8 Å².